The number of nitrogens with two attached hydrogens (primary N) is 1. The second-order valence-corrected chi connectivity index (χ2v) is 7.58. The summed E-state index contributed by atoms with van der Waals surface area (Å²) in [6, 6.07) is 4.39. The standard InChI is InChI=1S/C13H21ClN2O2S/c1-9(2)7-10(3)16(4)19(17,18)13-8-11(14)5-6-12(13)15/h5-6,8-10H,7,15H2,1-4H3. The van der Waals surface area contributed by atoms with Gasteiger partial charge in [-0.1, -0.05) is 25.4 Å². The summed E-state index contributed by atoms with van der Waals surface area (Å²) in [6.07, 6.45) is 0.788. The molecule has 19 heavy (non-hydrogen) atoms. The molecule has 0 spiro atoms. The summed E-state index contributed by atoms with van der Waals surface area (Å²) in [4.78, 5) is 0.0677. The number of hydrogen-bond acceptors (Lipinski definition) is 3. The highest BCUT2D eigenvalue weighted by Crippen LogP contribution is 2.27. The lowest BCUT2D eigenvalue weighted by Crippen LogP contribution is -2.36. The lowest BCUT2D eigenvalue weighted by Gasteiger charge is -2.26. The van der Waals surface area contributed by atoms with Crippen molar-refractivity contribution in [1.82, 2.24) is 4.31 Å². The van der Waals surface area contributed by atoms with Crippen LogP contribution >= 0.6 is 11.6 Å². The molecule has 6 heteroatoms. The van der Waals surface area contributed by atoms with Crippen LogP contribution in [-0.2, 0) is 10.0 Å². The molecule has 0 saturated heterocycles. The molecule has 1 aromatic carbocycles. The molecular formula is C13H21ClN2O2S. The SMILES string of the molecule is CC(C)CC(C)N(C)S(=O)(=O)c1cc(Cl)ccc1N. The zero-order chi connectivity index (χ0) is 14.8. The van der Waals surface area contributed by atoms with E-state index in [1.54, 1.807) is 13.1 Å². The van der Waals surface area contributed by atoms with Gasteiger partial charge in [0.2, 0.25) is 10.0 Å². The van der Waals surface area contributed by atoms with Gasteiger partial charge in [-0.15, -0.1) is 0 Å². The van der Waals surface area contributed by atoms with Crippen molar-refractivity contribution in [3.63, 3.8) is 0 Å². The van der Waals surface area contributed by atoms with Crippen molar-refractivity contribution in [3.8, 4) is 0 Å². The van der Waals surface area contributed by atoms with E-state index in [9.17, 15) is 8.42 Å². The molecule has 0 amide bonds. The van der Waals surface area contributed by atoms with E-state index in [1.807, 2.05) is 6.92 Å². The van der Waals surface area contributed by atoms with Crippen molar-refractivity contribution in [2.75, 3.05) is 12.8 Å². The minimum absolute atomic E-state index is 0.0677. The van der Waals surface area contributed by atoms with Crippen LogP contribution in [0.2, 0.25) is 5.02 Å². The first kappa shape index (κ1) is 16.3. The summed E-state index contributed by atoms with van der Waals surface area (Å²) in [5.41, 5.74) is 5.97. The molecule has 0 aliphatic rings. The topological polar surface area (TPSA) is 63.4 Å². The summed E-state index contributed by atoms with van der Waals surface area (Å²) in [7, 11) is -2.04. The third kappa shape index (κ3) is 3.84. The number of benzene rings is 1. The Labute approximate surface area is 120 Å². The van der Waals surface area contributed by atoms with Crippen molar-refractivity contribution < 1.29 is 8.42 Å². The lowest BCUT2D eigenvalue weighted by atomic mass is 10.1. The van der Waals surface area contributed by atoms with E-state index in [-0.39, 0.29) is 16.6 Å². The van der Waals surface area contributed by atoms with Gasteiger partial charge in [0, 0.05) is 18.1 Å². The first-order valence-corrected chi connectivity index (χ1v) is 8.01. The van der Waals surface area contributed by atoms with Gasteiger partial charge in [0.15, 0.2) is 0 Å². The number of sulfonamides is 1. The first-order valence-electron chi connectivity index (χ1n) is 6.19. The Hall–Kier alpha value is -0.780. The van der Waals surface area contributed by atoms with E-state index in [2.05, 4.69) is 13.8 Å². The smallest absolute Gasteiger partial charge is 0.245 e. The molecule has 0 bridgehead atoms. The second kappa shape index (κ2) is 6.11. The normalized spacial score (nSPS) is 14.1. The zero-order valence-electron chi connectivity index (χ0n) is 11.7. The third-order valence-corrected chi connectivity index (χ3v) is 5.33. The van der Waals surface area contributed by atoms with E-state index in [0.29, 0.717) is 10.9 Å². The highest BCUT2D eigenvalue weighted by Gasteiger charge is 2.27. The van der Waals surface area contributed by atoms with Gasteiger partial charge in [-0.05, 0) is 37.5 Å². The molecule has 0 saturated carbocycles. The number of anilines is 1. The summed E-state index contributed by atoms with van der Waals surface area (Å²) in [5.74, 6) is 0.421. The van der Waals surface area contributed by atoms with Crippen LogP contribution in [0.15, 0.2) is 23.1 Å². The van der Waals surface area contributed by atoms with Gasteiger partial charge in [0.25, 0.3) is 0 Å². The Kier molecular flexibility index (Phi) is 5.24. The minimum atomic E-state index is -3.61. The zero-order valence-corrected chi connectivity index (χ0v) is 13.3. The molecule has 1 atom stereocenters. The largest absolute Gasteiger partial charge is 0.398 e. The maximum Gasteiger partial charge on any atom is 0.245 e. The van der Waals surface area contributed by atoms with Crippen molar-refractivity contribution in [1.29, 1.82) is 0 Å². The molecular weight excluding hydrogens is 284 g/mol. The van der Waals surface area contributed by atoms with E-state index < -0.39 is 10.0 Å². The lowest BCUT2D eigenvalue weighted by molar-refractivity contribution is 0.338. The molecule has 0 heterocycles. The Balaban J connectivity index is 3.13. The van der Waals surface area contributed by atoms with Gasteiger partial charge in [-0.2, -0.15) is 4.31 Å². The van der Waals surface area contributed by atoms with E-state index in [0.717, 1.165) is 6.42 Å². The molecule has 2 N–H and O–H groups in total. The molecule has 0 radical (unpaired) electrons. The average molecular weight is 305 g/mol. The highest BCUT2D eigenvalue weighted by molar-refractivity contribution is 7.89. The number of hydrogen-bond donors (Lipinski definition) is 1. The second-order valence-electron chi connectivity index (χ2n) is 5.18. The van der Waals surface area contributed by atoms with Crippen LogP contribution in [0.3, 0.4) is 0 Å². The van der Waals surface area contributed by atoms with Crippen LogP contribution < -0.4 is 5.73 Å². The predicted octanol–water partition coefficient (Wildman–Crippen LogP) is 2.98. The molecule has 1 unspecified atom stereocenters. The van der Waals surface area contributed by atoms with Crippen LogP contribution in [0.5, 0.6) is 0 Å². The summed E-state index contributed by atoms with van der Waals surface area (Å²) < 4.78 is 26.4. The van der Waals surface area contributed by atoms with E-state index >= 15 is 0 Å². The molecule has 1 rings (SSSR count). The summed E-state index contributed by atoms with van der Waals surface area (Å²) >= 11 is 5.85. The molecule has 0 aliphatic carbocycles. The predicted molar refractivity (Wildman–Crippen MR) is 79.7 cm³/mol. The fraction of sp³-hybridized carbons (Fsp3) is 0.538. The molecule has 108 valence electrons. The van der Waals surface area contributed by atoms with Crippen molar-refractivity contribution >= 4 is 27.3 Å². The molecule has 4 nitrogen and oxygen atoms in total. The van der Waals surface area contributed by atoms with E-state index in [1.165, 1.54) is 16.4 Å². The highest BCUT2D eigenvalue weighted by atomic mass is 35.5. The van der Waals surface area contributed by atoms with Crippen LogP contribution in [0.25, 0.3) is 0 Å². The fourth-order valence-electron chi connectivity index (χ4n) is 1.95. The Morgan fingerprint density at radius 3 is 2.42 bits per heavy atom. The summed E-state index contributed by atoms with van der Waals surface area (Å²) in [5, 5.41) is 0.359. The molecule has 0 fully saturated rings. The number of nitrogen functional groups attached to an aromatic ring is 1. The molecule has 0 aliphatic heterocycles. The van der Waals surface area contributed by atoms with Gasteiger partial charge in [0.1, 0.15) is 4.90 Å². The van der Waals surface area contributed by atoms with Crippen LogP contribution in [0.4, 0.5) is 5.69 Å². The first-order chi connectivity index (χ1) is 8.66. The number of rotatable bonds is 5. The van der Waals surface area contributed by atoms with Crippen LogP contribution in [0.1, 0.15) is 27.2 Å². The van der Waals surface area contributed by atoms with Gasteiger partial charge in [-0.3, -0.25) is 0 Å². The molecule has 0 aromatic heterocycles. The molecule has 1 aromatic rings. The van der Waals surface area contributed by atoms with Gasteiger partial charge >= 0.3 is 0 Å². The monoisotopic (exact) mass is 304 g/mol. The average Bonchev–Trinajstić information content (AvgIpc) is 2.30. The van der Waals surface area contributed by atoms with Crippen LogP contribution in [-0.4, -0.2) is 25.8 Å². The van der Waals surface area contributed by atoms with Gasteiger partial charge < -0.3 is 5.73 Å². The fourth-order valence-corrected chi connectivity index (χ4v) is 3.70. The number of halogens is 1. The van der Waals surface area contributed by atoms with Crippen molar-refractivity contribution in [2.45, 2.75) is 38.1 Å². The van der Waals surface area contributed by atoms with Crippen molar-refractivity contribution in [3.05, 3.63) is 23.2 Å². The van der Waals surface area contributed by atoms with Crippen LogP contribution in [0, 0.1) is 5.92 Å². The number of nitrogens with zero attached hydrogens (tertiary/aromatic N) is 1. The maximum atomic E-state index is 12.5. The minimum Gasteiger partial charge on any atom is -0.398 e. The van der Waals surface area contributed by atoms with Crippen molar-refractivity contribution in [2.24, 2.45) is 5.92 Å². The van der Waals surface area contributed by atoms with E-state index in [4.69, 9.17) is 17.3 Å². The maximum absolute atomic E-state index is 12.5. The van der Waals surface area contributed by atoms with Gasteiger partial charge in [0.05, 0.1) is 5.69 Å². The Morgan fingerprint density at radius 2 is 1.89 bits per heavy atom. The quantitative estimate of drug-likeness (QED) is 0.851. The third-order valence-electron chi connectivity index (χ3n) is 3.07. The Bertz CT molecular complexity index is 544. The Morgan fingerprint density at radius 1 is 1.32 bits per heavy atom. The summed E-state index contributed by atoms with van der Waals surface area (Å²) in [6.45, 7) is 6.01. The van der Waals surface area contributed by atoms with Gasteiger partial charge in [-0.25, -0.2) is 8.42 Å².